The van der Waals surface area contributed by atoms with Crippen LogP contribution in [0.4, 0.5) is 0 Å². The van der Waals surface area contributed by atoms with Crippen molar-refractivity contribution in [3.05, 3.63) is 0 Å². The second kappa shape index (κ2) is 7.24. The molecule has 1 fully saturated rings. The third-order valence-electron chi connectivity index (χ3n) is 2.68. The number of hydrogen-bond donors (Lipinski definition) is 2. The van der Waals surface area contributed by atoms with Gasteiger partial charge in [0.05, 0.1) is 0 Å². The van der Waals surface area contributed by atoms with Gasteiger partial charge in [0.1, 0.15) is 0 Å². The highest BCUT2D eigenvalue weighted by molar-refractivity contribution is 4.80. The Kier molecular flexibility index (Phi) is 6.20. The summed E-state index contributed by atoms with van der Waals surface area (Å²) in [6.07, 6.45) is 6.77. The lowest BCUT2D eigenvalue weighted by atomic mass is 10.1. The van der Waals surface area contributed by atoms with E-state index in [1.54, 1.807) is 0 Å². The van der Waals surface area contributed by atoms with E-state index in [0.717, 1.165) is 12.0 Å². The second-order valence-corrected chi connectivity index (χ2v) is 4.87. The molecule has 0 amide bonds. The lowest BCUT2D eigenvalue weighted by Gasteiger charge is -2.06. The highest BCUT2D eigenvalue weighted by Crippen LogP contribution is 2.18. The first-order valence-corrected chi connectivity index (χ1v) is 6.23. The highest BCUT2D eigenvalue weighted by atomic mass is 14.9. The molecule has 0 spiro atoms. The van der Waals surface area contributed by atoms with E-state index in [-0.39, 0.29) is 0 Å². The van der Waals surface area contributed by atoms with E-state index in [1.807, 2.05) is 0 Å². The largest absolute Gasteiger partial charge is 0.317 e. The van der Waals surface area contributed by atoms with E-state index in [1.165, 1.54) is 51.7 Å². The zero-order chi connectivity index (χ0) is 10.2. The van der Waals surface area contributed by atoms with Crippen molar-refractivity contribution in [1.82, 2.24) is 10.6 Å². The van der Waals surface area contributed by atoms with E-state index in [0.29, 0.717) is 0 Å². The molecule has 2 heteroatoms. The summed E-state index contributed by atoms with van der Waals surface area (Å²) in [6, 6.07) is 0.871. The molecule has 0 saturated heterocycles. The normalized spacial score (nSPS) is 16.5. The fourth-order valence-corrected chi connectivity index (χ4v) is 1.57. The summed E-state index contributed by atoms with van der Waals surface area (Å²) in [5.74, 6) is 0.855. The lowest BCUT2D eigenvalue weighted by Crippen LogP contribution is -2.24. The Morgan fingerprint density at radius 2 is 1.79 bits per heavy atom. The van der Waals surface area contributed by atoms with Crippen LogP contribution >= 0.6 is 0 Å². The maximum atomic E-state index is 3.53. The smallest absolute Gasteiger partial charge is 0.00682 e. The summed E-state index contributed by atoms with van der Waals surface area (Å²) in [6.45, 7) is 8.15. The summed E-state index contributed by atoms with van der Waals surface area (Å²) in [7, 11) is 0. The maximum absolute atomic E-state index is 3.53. The third-order valence-corrected chi connectivity index (χ3v) is 2.68. The molecule has 14 heavy (non-hydrogen) atoms. The van der Waals surface area contributed by atoms with E-state index in [9.17, 15) is 0 Å². The van der Waals surface area contributed by atoms with Gasteiger partial charge >= 0.3 is 0 Å². The topological polar surface area (TPSA) is 24.1 Å². The Morgan fingerprint density at radius 3 is 2.43 bits per heavy atom. The number of rotatable bonds is 9. The second-order valence-electron chi connectivity index (χ2n) is 4.87. The molecule has 0 heterocycles. The molecule has 0 aromatic carbocycles. The van der Waals surface area contributed by atoms with Gasteiger partial charge in [-0.05, 0) is 57.7 Å². The maximum Gasteiger partial charge on any atom is 0.00682 e. The molecule has 0 aromatic rings. The van der Waals surface area contributed by atoms with Crippen LogP contribution in [0.1, 0.15) is 46.0 Å². The average Bonchev–Trinajstić information content (AvgIpc) is 2.92. The van der Waals surface area contributed by atoms with Crippen LogP contribution in [-0.2, 0) is 0 Å². The first kappa shape index (κ1) is 12.0. The molecule has 0 aromatic heterocycles. The van der Waals surface area contributed by atoms with Gasteiger partial charge in [-0.1, -0.05) is 13.8 Å². The van der Waals surface area contributed by atoms with Crippen LogP contribution in [0.15, 0.2) is 0 Å². The molecule has 2 N–H and O–H groups in total. The van der Waals surface area contributed by atoms with E-state index in [4.69, 9.17) is 0 Å². The SMILES string of the molecule is CC(C)CCCNCCCNC1CC1. The van der Waals surface area contributed by atoms with Crippen LogP contribution in [0.25, 0.3) is 0 Å². The van der Waals surface area contributed by atoms with Gasteiger partial charge in [0.25, 0.3) is 0 Å². The van der Waals surface area contributed by atoms with Crippen LogP contribution in [0.2, 0.25) is 0 Å². The van der Waals surface area contributed by atoms with Gasteiger partial charge in [0.2, 0.25) is 0 Å². The van der Waals surface area contributed by atoms with Crippen LogP contribution < -0.4 is 10.6 Å². The molecule has 2 nitrogen and oxygen atoms in total. The molecule has 1 aliphatic rings. The minimum Gasteiger partial charge on any atom is -0.317 e. The first-order valence-electron chi connectivity index (χ1n) is 6.23. The van der Waals surface area contributed by atoms with Crippen LogP contribution in [0.5, 0.6) is 0 Å². The Labute approximate surface area is 88.8 Å². The molecule has 1 aliphatic carbocycles. The van der Waals surface area contributed by atoms with Crippen LogP contribution in [-0.4, -0.2) is 25.7 Å². The molecule has 0 aliphatic heterocycles. The van der Waals surface area contributed by atoms with Gasteiger partial charge in [0.15, 0.2) is 0 Å². The van der Waals surface area contributed by atoms with Crippen molar-refractivity contribution < 1.29 is 0 Å². The zero-order valence-corrected chi connectivity index (χ0v) is 9.81. The molecule has 1 rings (SSSR count). The first-order chi connectivity index (χ1) is 6.79. The predicted octanol–water partition coefficient (Wildman–Crippen LogP) is 2.15. The summed E-state index contributed by atoms with van der Waals surface area (Å²) < 4.78 is 0. The van der Waals surface area contributed by atoms with Crippen LogP contribution in [0, 0.1) is 5.92 Å². The molecule has 0 bridgehead atoms. The number of hydrogen-bond acceptors (Lipinski definition) is 2. The van der Waals surface area contributed by atoms with Gasteiger partial charge < -0.3 is 10.6 Å². The lowest BCUT2D eigenvalue weighted by molar-refractivity contribution is 0.518. The fraction of sp³-hybridized carbons (Fsp3) is 1.00. The zero-order valence-electron chi connectivity index (χ0n) is 9.81. The van der Waals surface area contributed by atoms with Crippen molar-refractivity contribution in [1.29, 1.82) is 0 Å². The average molecular weight is 198 g/mol. The van der Waals surface area contributed by atoms with Crippen molar-refractivity contribution >= 4 is 0 Å². The summed E-state index contributed by atoms with van der Waals surface area (Å²) in [5, 5.41) is 7.02. The van der Waals surface area contributed by atoms with Crippen LogP contribution in [0.3, 0.4) is 0 Å². The van der Waals surface area contributed by atoms with E-state index in [2.05, 4.69) is 24.5 Å². The van der Waals surface area contributed by atoms with Gasteiger partial charge in [0, 0.05) is 6.04 Å². The van der Waals surface area contributed by atoms with Gasteiger partial charge in [-0.25, -0.2) is 0 Å². The molecular formula is C12H26N2. The molecule has 0 radical (unpaired) electrons. The highest BCUT2D eigenvalue weighted by Gasteiger charge is 2.19. The quantitative estimate of drug-likeness (QED) is 0.555. The third kappa shape index (κ3) is 7.34. The predicted molar refractivity (Wildman–Crippen MR) is 62.6 cm³/mol. The monoisotopic (exact) mass is 198 g/mol. The van der Waals surface area contributed by atoms with Gasteiger partial charge in [-0.15, -0.1) is 0 Å². The van der Waals surface area contributed by atoms with Gasteiger partial charge in [-0.2, -0.15) is 0 Å². The molecule has 84 valence electrons. The molecule has 0 unspecified atom stereocenters. The van der Waals surface area contributed by atoms with Crippen molar-refractivity contribution in [3.63, 3.8) is 0 Å². The standard InChI is InChI=1S/C12H26N2/c1-11(2)5-3-8-13-9-4-10-14-12-6-7-12/h11-14H,3-10H2,1-2H3. The Hall–Kier alpha value is -0.0800. The fourth-order valence-electron chi connectivity index (χ4n) is 1.57. The van der Waals surface area contributed by atoms with Crippen molar-refractivity contribution in [3.8, 4) is 0 Å². The summed E-state index contributed by atoms with van der Waals surface area (Å²) in [5.41, 5.74) is 0. The van der Waals surface area contributed by atoms with Crippen molar-refractivity contribution in [2.24, 2.45) is 5.92 Å². The van der Waals surface area contributed by atoms with Gasteiger partial charge in [-0.3, -0.25) is 0 Å². The van der Waals surface area contributed by atoms with E-state index < -0.39 is 0 Å². The van der Waals surface area contributed by atoms with E-state index >= 15 is 0 Å². The molecule has 1 saturated carbocycles. The minimum atomic E-state index is 0.855. The summed E-state index contributed by atoms with van der Waals surface area (Å²) in [4.78, 5) is 0. The number of nitrogens with one attached hydrogen (secondary N) is 2. The summed E-state index contributed by atoms with van der Waals surface area (Å²) >= 11 is 0. The van der Waals surface area contributed by atoms with Crippen molar-refractivity contribution in [2.45, 2.75) is 52.0 Å². The molecule has 0 atom stereocenters. The Morgan fingerprint density at radius 1 is 1.07 bits per heavy atom. The minimum absolute atomic E-state index is 0.855. The Balaban J connectivity index is 1.66. The molecular weight excluding hydrogens is 172 g/mol. The Bertz CT molecular complexity index is 122. The van der Waals surface area contributed by atoms with Crippen molar-refractivity contribution in [2.75, 3.05) is 19.6 Å².